The SMILES string of the molecule is COc1cc(/C=N/N=C(N)N)ccc1OS(=O)(=O)c1cc(C)ccc1C. The maximum atomic E-state index is 12.6. The van der Waals surface area contributed by atoms with Gasteiger partial charge in [-0.25, -0.2) is 0 Å². The number of rotatable bonds is 6. The summed E-state index contributed by atoms with van der Waals surface area (Å²) in [5.74, 6) is 0.118. The third kappa shape index (κ3) is 4.73. The molecule has 0 saturated carbocycles. The molecule has 0 spiro atoms. The van der Waals surface area contributed by atoms with Crippen LogP contribution in [-0.4, -0.2) is 27.7 Å². The first-order chi connectivity index (χ1) is 12.2. The van der Waals surface area contributed by atoms with E-state index in [1.807, 2.05) is 13.0 Å². The zero-order chi connectivity index (χ0) is 19.3. The lowest BCUT2D eigenvalue weighted by Crippen LogP contribution is -2.21. The fraction of sp³-hybridized carbons (Fsp3) is 0.176. The van der Waals surface area contributed by atoms with E-state index in [2.05, 4.69) is 10.2 Å². The van der Waals surface area contributed by atoms with Gasteiger partial charge in [-0.1, -0.05) is 12.1 Å². The van der Waals surface area contributed by atoms with E-state index in [0.29, 0.717) is 11.1 Å². The van der Waals surface area contributed by atoms with Crippen LogP contribution >= 0.6 is 0 Å². The normalized spacial score (nSPS) is 11.3. The Hall–Kier alpha value is -3.07. The number of nitrogens with two attached hydrogens (primary N) is 2. The molecule has 2 rings (SSSR count). The first-order valence-corrected chi connectivity index (χ1v) is 8.95. The lowest BCUT2D eigenvalue weighted by atomic mass is 10.2. The van der Waals surface area contributed by atoms with Crippen molar-refractivity contribution in [2.45, 2.75) is 18.7 Å². The average Bonchev–Trinajstić information content (AvgIpc) is 2.57. The maximum absolute atomic E-state index is 12.6. The summed E-state index contributed by atoms with van der Waals surface area (Å²) >= 11 is 0. The Balaban J connectivity index is 2.35. The van der Waals surface area contributed by atoms with Crippen LogP contribution in [0.5, 0.6) is 11.5 Å². The monoisotopic (exact) mass is 376 g/mol. The second kappa shape index (κ2) is 7.87. The lowest BCUT2D eigenvalue weighted by molar-refractivity contribution is 0.390. The molecule has 0 bridgehead atoms. The van der Waals surface area contributed by atoms with Crippen molar-refractivity contribution >= 4 is 22.3 Å². The summed E-state index contributed by atoms with van der Waals surface area (Å²) < 4.78 is 35.7. The van der Waals surface area contributed by atoms with Crippen LogP contribution in [0, 0.1) is 13.8 Å². The summed E-state index contributed by atoms with van der Waals surface area (Å²) in [5, 5.41) is 7.18. The van der Waals surface area contributed by atoms with Crippen LogP contribution in [0.4, 0.5) is 0 Å². The van der Waals surface area contributed by atoms with Gasteiger partial charge >= 0.3 is 10.1 Å². The van der Waals surface area contributed by atoms with Crippen LogP contribution in [0.25, 0.3) is 0 Å². The Bertz CT molecular complexity index is 965. The van der Waals surface area contributed by atoms with E-state index in [1.54, 1.807) is 31.2 Å². The van der Waals surface area contributed by atoms with Gasteiger partial charge in [-0.3, -0.25) is 0 Å². The van der Waals surface area contributed by atoms with E-state index < -0.39 is 10.1 Å². The first kappa shape index (κ1) is 19.3. The Morgan fingerprint density at radius 3 is 2.46 bits per heavy atom. The molecule has 0 aliphatic heterocycles. The van der Waals surface area contributed by atoms with E-state index in [0.717, 1.165) is 5.56 Å². The van der Waals surface area contributed by atoms with Gasteiger partial charge in [-0.05, 0) is 54.8 Å². The van der Waals surface area contributed by atoms with Crippen LogP contribution < -0.4 is 20.4 Å². The van der Waals surface area contributed by atoms with E-state index in [1.165, 1.54) is 19.4 Å². The number of hydrogen-bond acceptors (Lipinski definition) is 6. The van der Waals surface area contributed by atoms with Crippen LogP contribution in [0.3, 0.4) is 0 Å². The Labute approximate surface area is 152 Å². The highest BCUT2D eigenvalue weighted by Crippen LogP contribution is 2.31. The highest BCUT2D eigenvalue weighted by molar-refractivity contribution is 7.87. The van der Waals surface area contributed by atoms with Gasteiger partial charge in [0.25, 0.3) is 0 Å². The standard InChI is InChI=1S/C17H20N4O4S/c1-11-4-5-12(2)16(8-11)26(22,23)25-14-7-6-13(9-15(14)24-3)10-20-21-17(18)19/h4-10H,1-3H3,(H4,18,19,21)/b20-10+. The van der Waals surface area contributed by atoms with Crippen molar-refractivity contribution < 1.29 is 17.3 Å². The molecule has 0 radical (unpaired) electrons. The second-order valence-electron chi connectivity index (χ2n) is 5.49. The molecule has 0 heterocycles. The van der Waals surface area contributed by atoms with Crippen LogP contribution in [-0.2, 0) is 10.1 Å². The van der Waals surface area contributed by atoms with Crippen LogP contribution in [0.1, 0.15) is 16.7 Å². The molecule has 0 aromatic heterocycles. The highest BCUT2D eigenvalue weighted by atomic mass is 32.2. The third-order valence-electron chi connectivity index (χ3n) is 3.38. The molecule has 2 aromatic carbocycles. The van der Waals surface area contributed by atoms with Gasteiger partial charge in [-0.2, -0.15) is 13.5 Å². The van der Waals surface area contributed by atoms with E-state index in [9.17, 15) is 8.42 Å². The number of benzene rings is 2. The number of ether oxygens (including phenoxy) is 1. The summed E-state index contributed by atoms with van der Waals surface area (Å²) in [7, 11) is -2.60. The molecule has 9 heteroatoms. The second-order valence-corrected chi connectivity index (χ2v) is 7.00. The van der Waals surface area contributed by atoms with Gasteiger partial charge in [0.2, 0.25) is 5.96 Å². The average molecular weight is 376 g/mol. The first-order valence-electron chi connectivity index (χ1n) is 7.54. The van der Waals surface area contributed by atoms with Crippen molar-refractivity contribution in [3.8, 4) is 11.5 Å². The van der Waals surface area contributed by atoms with Crippen LogP contribution in [0.2, 0.25) is 0 Å². The summed E-state index contributed by atoms with van der Waals surface area (Å²) in [6.07, 6.45) is 1.39. The number of aryl methyl sites for hydroxylation is 2. The molecule has 0 amide bonds. The fourth-order valence-electron chi connectivity index (χ4n) is 2.14. The summed E-state index contributed by atoms with van der Waals surface area (Å²) in [6.45, 7) is 3.51. The van der Waals surface area contributed by atoms with E-state index in [-0.39, 0.29) is 22.4 Å². The molecule has 0 saturated heterocycles. The largest absolute Gasteiger partial charge is 0.493 e. The molecule has 8 nitrogen and oxygen atoms in total. The molecule has 0 aliphatic carbocycles. The Morgan fingerprint density at radius 1 is 1.08 bits per heavy atom. The molecule has 0 aliphatic rings. The van der Waals surface area contributed by atoms with Crippen molar-refractivity contribution in [1.29, 1.82) is 0 Å². The molecular formula is C17H20N4O4S. The molecule has 0 atom stereocenters. The van der Waals surface area contributed by atoms with E-state index >= 15 is 0 Å². The van der Waals surface area contributed by atoms with E-state index in [4.69, 9.17) is 20.4 Å². The predicted molar refractivity (Wildman–Crippen MR) is 100 cm³/mol. The van der Waals surface area contributed by atoms with Gasteiger partial charge in [0.1, 0.15) is 4.90 Å². The molecule has 0 unspecified atom stereocenters. The minimum atomic E-state index is -4.01. The van der Waals surface area contributed by atoms with Gasteiger partial charge in [0.15, 0.2) is 11.5 Å². The van der Waals surface area contributed by atoms with Crippen molar-refractivity contribution in [2.24, 2.45) is 21.7 Å². The smallest absolute Gasteiger partial charge is 0.339 e. The number of hydrogen-bond donors (Lipinski definition) is 2. The highest BCUT2D eigenvalue weighted by Gasteiger charge is 2.21. The summed E-state index contributed by atoms with van der Waals surface area (Å²) in [5.41, 5.74) is 12.4. The van der Waals surface area contributed by atoms with Crippen LogP contribution in [0.15, 0.2) is 51.5 Å². The molecular weight excluding hydrogens is 356 g/mol. The topological polar surface area (TPSA) is 129 Å². The Morgan fingerprint density at radius 2 is 1.81 bits per heavy atom. The number of nitrogens with zero attached hydrogens (tertiary/aromatic N) is 2. The van der Waals surface area contributed by atoms with Gasteiger partial charge in [0, 0.05) is 0 Å². The molecule has 138 valence electrons. The van der Waals surface area contributed by atoms with Crippen molar-refractivity contribution in [3.63, 3.8) is 0 Å². The molecule has 0 fully saturated rings. The summed E-state index contributed by atoms with van der Waals surface area (Å²) in [4.78, 5) is 0.109. The minimum absolute atomic E-state index is 0.0624. The molecule has 4 N–H and O–H groups in total. The van der Waals surface area contributed by atoms with Crippen molar-refractivity contribution in [1.82, 2.24) is 0 Å². The summed E-state index contributed by atoms with van der Waals surface area (Å²) in [6, 6.07) is 9.75. The quantitative estimate of drug-likeness (QED) is 0.341. The maximum Gasteiger partial charge on any atom is 0.339 e. The molecule has 26 heavy (non-hydrogen) atoms. The van der Waals surface area contributed by atoms with Gasteiger partial charge in [-0.15, -0.1) is 5.10 Å². The molecule has 2 aromatic rings. The van der Waals surface area contributed by atoms with Crippen molar-refractivity contribution in [3.05, 3.63) is 53.1 Å². The van der Waals surface area contributed by atoms with Crippen molar-refractivity contribution in [2.75, 3.05) is 7.11 Å². The van der Waals surface area contributed by atoms with Gasteiger partial charge < -0.3 is 20.4 Å². The fourth-order valence-corrected chi connectivity index (χ4v) is 3.39. The Kier molecular flexibility index (Phi) is 5.83. The van der Waals surface area contributed by atoms with Gasteiger partial charge in [0.05, 0.1) is 13.3 Å². The predicted octanol–water partition coefficient (Wildman–Crippen LogP) is 1.69. The number of methoxy groups -OCH3 is 1. The minimum Gasteiger partial charge on any atom is -0.493 e. The lowest BCUT2D eigenvalue weighted by Gasteiger charge is -2.13. The zero-order valence-electron chi connectivity index (χ0n) is 14.6. The number of guanidine groups is 1. The zero-order valence-corrected chi connectivity index (χ0v) is 15.4. The third-order valence-corrected chi connectivity index (χ3v) is 4.76.